The Morgan fingerprint density at radius 3 is 2.47 bits per heavy atom. The zero-order valence-corrected chi connectivity index (χ0v) is 9.40. The summed E-state index contributed by atoms with van der Waals surface area (Å²) in [6, 6.07) is -1.30. The molecule has 1 fully saturated rings. The summed E-state index contributed by atoms with van der Waals surface area (Å²) in [6.45, 7) is 4.16. The third-order valence-corrected chi connectivity index (χ3v) is 3.23. The molecule has 0 amide bonds. The Morgan fingerprint density at radius 2 is 2.00 bits per heavy atom. The highest BCUT2D eigenvalue weighted by Gasteiger charge is 2.44. The van der Waals surface area contributed by atoms with Crippen molar-refractivity contribution in [1.82, 2.24) is 5.32 Å². The van der Waals surface area contributed by atoms with Crippen LogP contribution in [0.15, 0.2) is 0 Å². The van der Waals surface area contributed by atoms with Crippen LogP contribution in [0.2, 0.25) is 0 Å². The van der Waals surface area contributed by atoms with Crippen molar-refractivity contribution in [3.63, 3.8) is 0 Å². The van der Waals surface area contributed by atoms with Gasteiger partial charge in [-0.3, -0.25) is 0 Å². The molecule has 3 unspecified atom stereocenters. The molecule has 0 aromatic rings. The first-order chi connectivity index (χ1) is 6.95. The van der Waals surface area contributed by atoms with Crippen LogP contribution in [0.4, 0.5) is 13.2 Å². The summed E-state index contributed by atoms with van der Waals surface area (Å²) in [5.74, 6) is 0.209. The highest BCUT2D eigenvalue weighted by Crippen LogP contribution is 2.36. The molecule has 4 heteroatoms. The summed E-state index contributed by atoms with van der Waals surface area (Å²) in [4.78, 5) is 0. The molecule has 90 valence electrons. The van der Waals surface area contributed by atoms with Gasteiger partial charge in [0, 0.05) is 0 Å². The third-order valence-electron chi connectivity index (χ3n) is 3.23. The highest BCUT2D eigenvalue weighted by molar-refractivity contribution is 4.86. The van der Waals surface area contributed by atoms with E-state index >= 15 is 0 Å². The fourth-order valence-corrected chi connectivity index (χ4v) is 2.55. The van der Waals surface area contributed by atoms with Gasteiger partial charge < -0.3 is 5.32 Å². The molecule has 1 rings (SSSR count). The zero-order valence-electron chi connectivity index (χ0n) is 9.40. The number of rotatable bonds is 3. The van der Waals surface area contributed by atoms with Crippen molar-refractivity contribution in [2.45, 2.75) is 51.7 Å². The van der Waals surface area contributed by atoms with Gasteiger partial charge in [-0.2, -0.15) is 13.2 Å². The predicted molar refractivity (Wildman–Crippen MR) is 54.6 cm³/mol. The average Bonchev–Trinajstić information content (AvgIpc) is 2.12. The summed E-state index contributed by atoms with van der Waals surface area (Å²) < 4.78 is 38.3. The number of hydrogen-bond acceptors (Lipinski definition) is 1. The van der Waals surface area contributed by atoms with Gasteiger partial charge in [-0.25, -0.2) is 0 Å². The number of hydrogen-bond donors (Lipinski definition) is 1. The fourth-order valence-electron chi connectivity index (χ4n) is 2.55. The SMILES string of the molecule is CCNC(C1CCCC(C)C1)C(F)(F)F. The highest BCUT2D eigenvalue weighted by atomic mass is 19.4. The van der Waals surface area contributed by atoms with E-state index in [0.717, 1.165) is 12.8 Å². The van der Waals surface area contributed by atoms with E-state index in [1.54, 1.807) is 6.92 Å². The van der Waals surface area contributed by atoms with Gasteiger partial charge in [0.15, 0.2) is 0 Å². The van der Waals surface area contributed by atoms with E-state index in [-0.39, 0.29) is 5.92 Å². The van der Waals surface area contributed by atoms with Crippen molar-refractivity contribution in [2.24, 2.45) is 11.8 Å². The minimum absolute atomic E-state index is 0.228. The predicted octanol–water partition coefficient (Wildman–Crippen LogP) is 3.35. The first-order valence-corrected chi connectivity index (χ1v) is 5.75. The summed E-state index contributed by atoms with van der Waals surface area (Å²) in [5, 5.41) is 2.59. The van der Waals surface area contributed by atoms with Crippen LogP contribution in [0.1, 0.15) is 39.5 Å². The van der Waals surface area contributed by atoms with E-state index in [2.05, 4.69) is 5.32 Å². The third kappa shape index (κ3) is 3.67. The molecule has 1 aliphatic carbocycles. The van der Waals surface area contributed by atoms with Gasteiger partial charge in [0.1, 0.15) is 6.04 Å². The molecule has 1 saturated carbocycles. The lowest BCUT2D eigenvalue weighted by molar-refractivity contribution is -0.171. The Morgan fingerprint density at radius 1 is 1.33 bits per heavy atom. The summed E-state index contributed by atoms with van der Waals surface area (Å²) in [5.41, 5.74) is 0. The quantitative estimate of drug-likeness (QED) is 0.773. The molecule has 0 saturated heterocycles. The Balaban J connectivity index is 2.62. The van der Waals surface area contributed by atoms with E-state index in [9.17, 15) is 13.2 Å². The molecule has 0 heterocycles. The summed E-state index contributed by atoms with van der Waals surface area (Å²) in [7, 11) is 0. The van der Waals surface area contributed by atoms with Gasteiger partial charge >= 0.3 is 6.18 Å². The Labute approximate surface area is 89.4 Å². The Bertz CT molecular complexity index is 191. The first-order valence-electron chi connectivity index (χ1n) is 5.75. The fraction of sp³-hybridized carbons (Fsp3) is 1.00. The second-order valence-electron chi connectivity index (χ2n) is 4.61. The molecule has 0 spiro atoms. The molecule has 3 atom stereocenters. The maximum absolute atomic E-state index is 12.8. The molecule has 0 aromatic heterocycles. The van der Waals surface area contributed by atoms with Crippen LogP contribution in [0.25, 0.3) is 0 Å². The van der Waals surface area contributed by atoms with Crippen molar-refractivity contribution in [3.8, 4) is 0 Å². The zero-order chi connectivity index (χ0) is 11.5. The van der Waals surface area contributed by atoms with Crippen molar-refractivity contribution in [3.05, 3.63) is 0 Å². The molecular weight excluding hydrogens is 203 g/mol. The average molecular weight is 223 g/mol. The van der Waals surface area contributed by atoms with E-state index in [0.29, 0.717) is 25.3 Å². The molecule has 0 bridgehead atoms. The molecule has 0 aliphatic heterocycles. The largest absolute Gasteiger partial charge is 0.404 e. The maximum atomic E-state index is 12.8. The standard InChI is InChI=1S/C11H20F3N/c1-3-15-10(11(12,13)14)9-6-4-5-8(2)7-9/h8-10,15H,3-7H2,1-2H3. The van der Waals surface area contributed by atoms with E-state index < -0.39 is 12.2 Å². The number of alkyl halides is 3. The van der Waals surface area contributed by atoms with Crippen LogP contribution in [0.5, 0.6) is 0 Å². The van der Waals surface area contributed by atoms with Crippen LogP contribution in [-0.4, -0.2) is 18.8 Å². The van der Waals surface area contributed by atoms with Crippen LogP contribution in [0, 0.1) is 11.8 Å². The minimum atomic E-state index is -4.10. The molecule has 1 aliphatic rings. The van der Waals surface area contributed by atoms with Gasteiger partial charge in [-0.15, -0.1) is 0 Å². The second-order valence-corrected chi connectivity index (χ2v) is 4.61. The summed E-state index contributed by atoms with van der Waals surface area (Å²) >= 11 is 0. The van der Waals surface area contributed by atoms with Crippen molar-refractivity contribution in [2.75, 3.05) is 6.54 Å². The Hall–Kier alpha value is -0.250. The van der Waals surface area contributed by atoms with Crippen molar-refractivity contribution >= 4 is 0 Å². The molecule has 0 aromatic carbocycles. The van der Waals surface area contributed by atoms with Gasteiger partial charge in [0.05, 0.1) is 0 Å². The molecule has 15 heavy (non-hydrogen) atoms. The van der Waals surface area contributed by atoms with Crippen molar-refractivity contribution < 1.29 is 13.2 Å². The molecule has 1 nitrogen and oxygen atoms in total. The van der Waals surface area contributed by atoms with E-state index in [1.807, 2.05) is 6.92 Å². The normalized spacial score (nSPS) is 30.2. The van der Waals surface area contributed by atoms with Crippen LogP contribution in [0.3, 0.4) is 0 Å². The molecule has 1 N–H and O–H groups in total. The van der Waals surface area contributed by atoms with E-state index in [1.165, 1.54) is 0 Å². The second kappa shape index (κ2) is 5.19. The van der Waals surface area contributed by atoms with Crippen LogP contribution in [-0.2, 0) is 0 Å². The van der Waals surface area contributed by atoms with Gasteiger partial charge in [0.25, 0.3) is 0 Å². The van der Waals surface area contributed by atoms with Crippen LogP contribution < -0.4 is 5.32 Å². The van der Waals surface area contributed by atoms with Crippen LogP contribution >= 0.6 is 0 Å². The lowest BCUT2D eigenvalue weighted by atomic mass is 9.78. The molecule has 0 radical (unpaired) electrons. The minimum Gasteiger partial charge on any atom is -0.306 e. The van der Waals surface area contributed by atoms with Gasteiger partial charge in [-0.1, -0.05) is 26.7 Å². The van der Waals surface area contributed by atoms with Gasteiger partial charge in [-0.05, 0) is 31.2 Å². The summed E-state index contributed by atoms with van der Waals surface area (Å²) in [6.07, 6.45) is -0.673. The monoisotopic (exact) mass is 223 g/mol. The lowest BCUT2D eigenvalue weighted by Crippen LogP contribution is -2.48. The molecular formula is C11H20F3N. The Kier molecular flexibility index (Phi) is 4.44. The lowest BCUT2D eigenvalue weighted by Gasteiger charge is -2.34. The number of nitrogens with one attached hydrogen (secondary N) is 1. The maximum Gasteiger partial charge on any atom is 0.404 e. The van der Waals surface area contributed by atoms with Gasteiger partial charge in [0.2, 0.25) is 0 Å². The smallest absolute Gasteiger partial charge is 0.306 e. The first kappa shape index (κ1) is 12.8. The van der Waals surface area contributed by atoms with E-state index in [4.69, 9.17) is 0 Å². The number of halogens is 3. The topological polar surface area (TPSA) is 12.0 Å². The van der Waals surface area contributed by atoms with Crippen molar-refractivity contribution in [1.29, 1.82) is 0 Å².